The molecule has 0 aliphatic rings. The molecular weight excluding hydrogens is 480 g/mol. The number of anilines is 2. The smallest absolute Gasteiger partial charge is 0.240 e. The van der Waals surface area contributed by atoms with Crippen molar-refractivity contribution in [3.8, 4) is 0 Å². The molecule has 0 saturated heterocycles. The number of hydrogen-bond acceptors (Lipinski definition) is 5. The van der Waals surface area contributed by atoms with Gasteiger partial charge in [0.2, 0.25) is 10.0 Å². The molecule has 0 aromatic heterocycles. The molecule has 3 aromatic carbocycles. The zero-order valence-electron chi connectivity index (χ0n) is 18.7. The van der Waals surface area contributed by atoms with Crippen LogP contribution in [0.5, 0.6) is 0 Å². The molecule has 0 heterocycles. The molecule has 0 bridgehead atoms. The average Bonchev–Trinajstić information content (AvgIpc) is 2.76. The van der Waals surface area contributed by atoms with Gasteiger partial charge in [-0.3, -0.25) is 0 Å². The van der Waals surface area contributed by atoms with Crippen LogP contribution in [0.1, 0.15) is 17.5 Å². The minimum Gasteiger partial charge on any atom is -0.341 e. The highest BCUT2D eigenvalue weighted by molar-refractivity contribution is 7.90. The van der Waals surface area contributed by atoms with Gasteiger partial charge in [0.25, 0.3) is 0 Å². The van der Waals surface area contributed by atoms with Gasteiger partial charge in [-0.05, 0) is 73.9 Å². The van der Waals surface area contributed by atoms with Gasteiger partial charge < -0.3 is 4.90 Å². The van der Waals surface area contributed by atoms with Crippen LogP contribution in [0.4, 0.5) is 11.4 Å². The van der Waals surface area contributed by atoms with E-state index in [9.17, 15) is 16.8 Å². The SMILES string of the molecule is Cc1ccccc1N(CCCNS(=O)(=O)c1ccc(S(C)(=O)=O)cc1)c1cc(Cl)ccc1C. The van der Waals surface area contributed by atoms with E-state index in [0.29, 0.717) is 18.0 Å². The van der Waals surface area contributed by atoms with Crippen LogP contribution >= 0.6 is 11.6 Å². The van der Waals surface area contributed by atoms with Crippen molar-refractivity contribution >= 4 is 42.8 Å². The van der Waals surface area contributed by atoms with E-state index in [0.717, 1.165) is 28.8 Å². The summed E-state index contributed by atoms with van der Waals surface area (Å²) in [6.45, 7) is 4.84. The van der Waals surface area contributed by atoms with Crippen LogP contribution in [0.25, 0.3) is 0 Å². The Labute approximate surface area is 201 Å². The van der Waals surface area contributed by atoms with E-state index >= 15 is 0 Å². The van der Waals surface area contributed by atoms with E-state index in [1.54, 1.807) is 0 Å². The zero-order chi connectivity index (χ0) is 24.2. The van der Waals surface area contributed by atoms with E-state index in [-0.39, 0.29) is 16.3 Å². The van der Waals surface area contributed by atoms with E-state index in [2.05, 4.69) is 9.62 Å². The molecule has 0 saturated carbocycles. The Morgan fingerprint density at radius 1 is 0.818 bits per heavy atom. The van der Waals surface area contributed by atoms with Crippen molar-refractivity contribution in [3.05, 3.63) is 82.9 Å². The Morgan fingerprint density at radius 2 is 1.42 bits per heavy atom. The van der Waals surface area contributed by atoms with Gasteiger partial charge in [-0.15, -0.1) is 0 Å². The number of benzene rings is 3. The first-order chi connectivity index (χ1) is 15.5. The topological polar surface area (TPSA) is 83.6 Å². The Kier molecular flexibility index (Phi) is 7.84. The van der Waals surface area contributed by atoms with Gasteiger partial charge >= 0.3 is 0 Å². The van der Waals surface area contributed by atoms with E-state index in [1.165, 1.54) is 24.3 Å². The molecular formula is C24H27ClN2O4S2. The van der Waals surface area contributed by atoms with Crippen LogP contribution in [-0.4, -0.2) is 36.2 Å². The summed E-state index contributed by atoms with van der Waals surface area (Å²) in [6, 6.07) is 18.9. The fourth-order valence-electron chi connectivity index (χ4n) is 3.50. The first-order valence-corrected chi connectivity index (χ1v) is 14.1. The Bertz CT molecular complexity index is 1340. The lowest BCUT2D eigenvalue weighted by Crippen LogP contribution is -2.28. The number of rotatable bonds is 9. The molecule has 176 valence electrons. The summed E-state index contributed by atoms with van der Waals surface area (Å²) in [5.41, 5.74) is 4.16. The first-order valence-electron chi connectivity index (χ1n) is 10.4. The summed E-state index contributed by atoms with van der Waals surface area (Å²) in [5, 5.41) is 0.632. The van der Waals surface area contributed by atoms with Crippen molar-refractivity contribution in [2.45, 2.75) is 30.1 Å². The van der Waals surface area contributed by atoms with Gasteiger partial charge in [-0.25, -0.2) is 21.6 Å². The molecule has 3 aromatic rings. The van der Waals surface area contributed by atoms with Gasteiger partial charge in [0.15, 0.2) is 9.84 Å². The number of sulfonamides is 1. The van der Waals surface area contributed by atoms with Crippen LogP contribution in [0.2, 0.25) is 5.02 Å². The van der Waals surface area contributed by atoms with Crippen molar-refractivity contribution in [1.82, 2.24) is 4.72 Å². The molecule has 0 amide bonds. The summed E-state index contributed by atoms with van der Waals surface area (Å²) < 4.78 is 51.1. The van der Waals surface area contributed by atoms with Crippen LogP contribution < -0.4 is 9.62 Å². The number of nitrogens with one attached hydrogen (secondary N) is 1. The van der Waals surface area contributed by atoms with E-state index in [1.807, 2.05) is 56.3 Å². The highest BCUT2D eigenvalue weighted by Gasteiger charge is 2.17. The predicted octanol–water partition coefficient (Wildman–Crippen LogP) is 4.87. The van der Waals surface area contributed by atoms with Gasteiger partial charge in [0.05, 0.1) is 9.79 Å². The molecule has 9 heteroatoms. The molecule has 0 spiro atoms. The second-order valence-corrected chi connectivity index (χ2v) is 12.1. The third-order valence-electron chi connectivity index (χ3n) is 5.28. The van der Waals surface area contributed by atoms with Crippen molar-refractivity contribution in [2.24, 2.45) is 0 Å². The highest BCUT2D eigenvalue weighted by atomic mass is 35.5. The molecule has 33 heavy (non-hydrogen) atoms. The van der Waals surface area contributed by atoms with Gasteiger partial charge in [0, 0.05) is 35.7 Å². The van der Waals surface area contributed by atoms with Crippen molar-refractivity contribution in [3.63, 3.8) is 0 Å². The molecule has 0 fully saturated rings. The zero-order valence-corrected chi connectivity index (χ0v) is 21.1. The molecule has 0 aliphatic heterocycles. The van der Waals surface area contributed by atoms with Gasteiger partial charge in [0.1, 0.15) is 0 Å². The number of halogens is 1. The monoisotopic (exact) mass is 506 g/mol. The minimum atomic E-state index is -3.76. The maximum Gasteiger partial charge on any atom is 0.240 e. The highest BCUT2D eigenvalue weighted by Crippen LogP contribution is 2.32. The Hall–Kier alpha value is -2.39. The number of sulfone groups is 1. The summed E-state index contributed by atoms with van der Waals surface area (Å²) in [5.74, 6) is 0. The predicted molar refractivity (Wildman–Crippen MR) is 134 cm³/mol. The molecule has 0 aliphatic carbocycles. The van der Waals surface area contributed by atoms with Gasteiger partial charge in [-0.2, -0.15) is 0 Å². The summed E-state index contributed by atoms with van der Waals surface area (Å²) in [6.07, 6.45) is 1.62. The van der Waals surface area contributed by atoms with E-state index in [4.69, 9.17) is 11.6 Å². The minimum absolute atomic E-state index is 0.0244. The lowest BCUT2D eigenvalue weighted by molar-refractivity contribution is 0.578. The number of aryl methyl sites for hydroxylation is 2. The van der Waals surface area contributed by atoms with Crippen LogP contribution in [0.3, 0.4) is 0 Å². The van der Waals surface area contributed by atoms with Crippen molar-refractivity contribution < 1.29 is 16.8 Å². The fraction of sp³-hybridized carbons (Fsp3) is 0.250. The van der Waals surface area contributed by atoms with Crippen LogP contribution in [0, 0.1) is 13.8 Å². The normalized spacial score (nSPS) is 12.0. The average molecular weight is 507 g/mol. The summed E-state index contributed by atoms with van der Waals surface area (Å²) in [7, 11) is -7.15. The van der Waals surface area contributed by atoms with Crippen molar-refractivity contribution in [2.75, 3.05) is 24.2 Å². The Morgan fingerprint density at radius 3 is 2.06 bits per heavy atom. The molecule has 1 N–H and O–H groups in total. The van der Waals surface area contributed by atoms with E-state index < -0.39 is 19.9 Å². The molecule has 6 nitrogen and oxygen atoms in total. The third-order valence-corrected chi connectivity index (χ3v) is 8.12. The maximum atomic E-state index is 12.6. The maximum absolute atomic E-state index is 12.6. The molecule has 3 rings (SSSR count). The summed E-state index contributed by atoms with van der Waals surface area (Å²) >= 11 is 6.26. The largest absolute Gasteiger partial charge is 0.341 e. The second kappa shape index (κ2) is 10.3. The first kappa shape index (κ1) is 25.2. The van der Waals surface area contributed by atoms with Crippen LogP contribution in [-0.2, 0) is 19.9 Å². The number of hydrogen-bond donors (Lipinski definition) is 1. The quantitative estimate of drug-likeness (QED) is 0.419. The number of nitrogens with zero attached hydrogens (tertiary/aromatic N) is 1. The lowest BCUT2D eigenvalue weighted by Gasteiger charge is -2.28. The number of para-hydroxylation sites is 1. The summed E-state index contributed by atoms with van der Waals surface area (Å²) in [4.78, 5) is 2.25. The van der Waals surface area contributed by atoms with Crippen molar-refractivity contribution in [1.29, 1.82) is 0 Å². The molecule has 0 radical (unpaired) electrons. The third kappa shape index (κ3) is 6.35. The molecule has 0 unspecified atom stereocenters. The standard InChI is InChI=1S/C24H27ClN2O4S2/c1-18-7-4-5-8-23(18)27(24-17-20(25)10-9-19(24)2)16-6-15-26-33(30,31)22-13-11-21(12-14-22)32(3,28)29/h4-5,7-14,17,26H,6,15-16H2,1-3H3. The van der Waals surface area contributed by atoms with Crippen LogP contribution in [0.15, 0.2) is 76.5 Å². The fourth-order valence-corrected chi connectivity index (χ4v) is 5.37. The second-order valence-electron chi connectivity index (χ2n) is 7.86. The molecule has 0 atom stereocenters. The Balaban J connectivity index is 1.74. The van der Waals surface area contributed by atoms with Gasteiger partial charge in [-0.1, -0.05) is 35.9 Å². The lowest BCUT2D eigenvalue weighted by atomic mass is 10.1.